The summed E-state index contributed by atoms with van der Waals surface area (Å²) in [5, 5.41) is 0. The van der Waals surface area contributed by atoms with E-state index in [2.05, 4.69) is 4.74 Å². The highest BCUT2D eigenvalue weighted by atomic mass is 19.4. The van der Waals surface area contributed by atoms with Crippen LogP contribution in [-0.4, -0.2) is 6.36 Å². The van der Waals surface area contributed by atoms with Crippen LogP contribution in [0.4, 0.5) is 13.2 Å². The molecule has 2 nitrogen and oxygen atoms in total. The Morgan fingerprint density at radius 1 is 1.24 bits per heavy atom. The van der Waals surface area contributed by atoms with E-state index in [4.69, 9.17) is 5.73 Å². The van der Waals surface area contributed by atoms with Crippen LogP contribution < -0.4 is 10.5 Å². The van der Waals surface area contributed by atoms with Crippen LogP contribution in [0.25, 0.3) is 0 Å². The van der Waals surface area contributed by atoms with Crippen LogP contribution in [0.15, 0.2) is 24.3 Å². The summed E-state index contributed by atoms with van der Waals surface area (Å²) in [6, 6.07) is 5.72. The number of halogens is 3. The summed E-state index contributed by atoms with van der Waals surface area (Å²) in [6.45, 7) is 0. The van der Waals surface area contributed by atoms with Crippen LogP contribution >= 0.6 is 0 Å². The molecule has 1 aromatic rings. The number of para-hydroxylation sites is 1. The molecular formula is C12H14F3NO. The van der Waals surface area contributed by atoms with Gasteiger partial charge in [-0.2, -0.15) is 0 Å². The normalized spacial score (nSPS) is 18.6. The predicted octanol–water partition coefficient (Wildman–Crippen LogP) is 3.39. The lowest BCUT2D eigenvalue weighted by atomic mass is 9.77. The Bertz CT molecular complexity index is 388. The van der Waals surface area contributed by atoms with Crippen LogP contribution in [0.1, 0.15) is 30.9 Å². The highest BCUT2D eigenvalue weighted by molar-refractivity contribution is 5.36. The molecule has 0 radical (unpaired) electrons. The molecule has 0 bridgehead atoms. The van der Waals surface area contributed by atoms with Crippen molar-refractivity contribution in [1.82, 2.24) is 0 Å². The summed E-state index contributed by atoms with van der Waals surface area (Å²) in [5.41, 5.74) is 6.41. The molecule has 1 aliphatic rings. The van der Waals surface area contributed by atoms with E-state index >= 15 is 0 Å². The summed E-state index contributed by atoms with van der Waals surface area (Å²) >= 11 is 0. The molecule has 0 spiro atoms. The van der Waals surface area contributed by atoms with Crippen LogP contribution in [-0.2, 0) is 0 Å². The molecule has 0 aliphatic heterocycles. The molecule has 1 fully saturated rings. The fraction of sp³-hybridized carbons (Fsp3) is 0.500. The van der Waals surface area contributed by atoms with Crippen molar-refractivity contribution in [3.8, 4) is 5.75 Å². The SMILES string of the molecule is NC(c1ccccc1OC(F)(F)F)C1CCC1. The van der Waals surface area contributed by atoms with Crippen molar-refractivity contribution >= 4 is 0 Å². The van der Waals surface area contributed by atoms with E-state index in [0.717, 1.165) is 19.3 Å². The first-order valence-electron chi connectivity index (χ1n) is 5.57. The lowest BCUT2D eigenvalue weighted by molar-refractivity contribution is -0.275. The molecule has 5 heteroatoms. The zero-order chi connectivity index (χ0) is 12.5. The molecule has 1 saturated carbocycles. The van der Waals surface area contributed by atoms with Gasteiger partial charge in [0.1, 0.15) is 5.75 Å². The van der Waals surface area contributed by atoms with Gasteiger partial charge in [0.05, 0.1) is 0 Å². The smallest absolute Gasteiger partial charge is 0.405 e. The zero-order valence-corrected chi connectivity index (χ0v) is 9.20. The number of nitrogens with two attached hydrogens (primary N) is 1. The van der Waals surface area contributed by atoms with Gasteiger partial charge < -0.3 is 10.5 Å². The minimum atomic E-state index is -4.67. The van der Waals surface area contributed by atoms with Crippen LogP contribution in [0.2, 0.25) is 0 Å². The number of ether oxygens (including phenoxy) is 1. The summed E-state index contributed by atoms with van der Waals surface area (Å²) in [5.74, 6) is 0.0902. The predicted molar refractivity (Wildman–Crippen MR) is 57.4 cm³/mol. The Morgan fingerprint density at radius 3 is 2.41 bits per heavy atom. The summed E-state index contributed by atoms with van der Waals surface area (Å²) in [6.07, 6.45) is -1.63. The molecular weight excluding hydrogens is 231 g/mol. The summed E-state index contributed by atoms with van der Waals surface area (Å²) in [7, 11) is 0. The first kappa shape index (κ1) is 12.2. The van der Waals surface area contributed by atoms with Crippen molar-refractivity contribution < 1.29 is 17.9 Å². The van der Waals surface area contributed by atoms with Gasteiger partial charge in [-0.25, -0.2) is 0 Å². The fourth-order valence-corrected chi connectivity index (χ4v) is 2.03. The third-order valence-corrected chi connectivity index (χ3v) is 3.16. The first-order chi connectivity index (χ1) is 7.97. The molecule has 1 aliphatic carbocycles. The highest BCUT2D eigenvalue weighted by Gasteiger charge is 2.34. The second-order valence-corrected chi connectivity index (χ2v) is 4.30. The fourth-order valence-electron chi connectivity index (χ4n) is 2.03. The van der Waals surface area contributed by atoms with E-state index in [1.165, 1.54) is 12.1 Å². The Kier molecular flexibility index (Phi) is 3.28. The van der Waals surface area contributed by atoms with E-state index in [1.54, 1.807) is 12.1 Å². The number of benzene rings is 1. The van der Waals surface area contributed by atoms with Gasteiger partial charge in [0.15, 0.2) is 0 Å². The number of hydrogen-bond acceptors (Lipinski definition) is 2. The largest absolute Gasteiger partial charge is 0.573 e. The lowest BCUT2D eigenvalue weighted by Crippen LogP contribution is -2.28. The molecule has 0 heterocycles. The van der Waals surface area contributed by atoms with Gasteiger partial charge >= 0.3 is 6.36 Å². The van der Waals surface area contributed by atoms with Crippen molar-refractivity contribution in [1.29, 1.82) is 0 Å². The number of rotatable bonds is 3. The molecule has 1 atom stereocenters. The molecule has 0 amide bonds. The molecule has 2 rings (SSSR count). The Labute approximate surface area is 97.6 Å². The molecule has 17 heavy (non-hydrogen) atoms. The van der Waals surface area contributed by atoms with Gasteiger partial charge in [0.2, 0.25) is 0 Å². The van der Waals surface area contributed by atoms with Crippen LogP contribution in [0.3, 0.4) is 0 Å². The van der Waals surface area contributed by atoms with E-state index in [-0.39, 0.29) is 17.7 Å². The van der Waals surface area contributed by atoms with Crippen LogP contribution in [0.5, 0.6) is 5.75 Å². The quantitative estimate of drug-likeness (QED) is 0.885. The van der Waals surface area contributed by atoms with Gasteiger partial charge in [-0.15, -0.1) is 13.2 Å². The van der Waals surface area contributed by atoms with E-state index in [0.29, 0.717) is 5.56 Å². The molecule has 2 N–H and O–H groups in total. The minimum Gasteiger partial charge on any atom is -0.405 e. The summed E-state index contributed by atoms with van der Waals surface area (Å²) in [4.78, 5) is 0. The van der Waals surface area contributed by atoms with Gasteiger partial charge in [-0.3, -0.25) is 0 Å². The Hall–Kier alpha value is -1.23. The third kappa shape index (κ3) is 2.91. The van der Waals surface area contributed by atoms with Gasteiger partial charge in [0.25, 0.3) is 0 Å². The average Bonchev–Trinajstić information content (AvgIpc) is 2.13. The average molecular weight is 245 g/mol. The molecule has 0 aromatic heterocycles. The molecule has 94 valence electrons. The Balaban J connectivity index is 2.20. The van der Waals surface area contributed by atoms with Gasteiger partial charge in [-0.05, 0) is 24.8 Å². The standard InChI is InChI=1S/C12H14F3NO/c13-12(14,15)17-10-7-2-1-6-9(10)11(16)8-4-3-5-8/h1-2,6-8,11H,3-5,16H2. The van der Waals surface area contributed by atoms with Gasteiger partial charge in [-0.1, -0.05) is 24.6 Å². The minimum absolute atomic E-state index is 0.181. The second-order valence-electron chi connectivity index (χ2n) is 4.30. The maximum atomic E-state index is 12.2. The lowest BCUT2D eigenvalue weighted by Gasteiger charge is -2.32. The first-order valence-corrected chi connectivity index (χ1v) is 5.57. The topological polar surface area (TPSA) is 35.2 Å². The molecule has 1 unspecified atom stereocenters. The van der Waals surface area contributed by atoms with E-state index < -0.39 is 6.36 Å². The van der Waals surface area contributed by atoms with Crippen molar-refractivity contribution in [3.05, 3.63) is 29.8 Å². The summed E-state index contributed by atoms with van der Waals surface area (Å²) < 4.78 is 40.6. The number of alkyl halides is 3. The van der Waals surface area contributed by atoms with Crippen molar-refractivity contribution in [2.75, 3.05) is 0 Å². The van der Waals surface area contributed by atoms with Crippen molar-refractivity contribution in [2.24, 2.45) is 11.7 Å². The maximum absolute atomic E-state index is 12.2. The van der Waals surface area contributed by atoms with E-state index in [1.807, 2.05) is 0 Å². The Morgan fingerprint density at radius 2 is 1.88 bits per heavy atom. The highest BCUT2D eigenvalue weighted by Crippen LogP contribution is 2.40. The van der Waals surface area contributed by atoms with E-state index in [9.17, 15) is 13.2 Å². The third-order valence-electron chi connectivity index (χ3n) is 3.16. The maximum Gasteiger partial charge on any atom is 0.573 e. The van der Waals surface area contributed by atoms with Crippen molar-refractivity contribution in [3.63, 3.8) is 0 Å². The number of hydrogen-bond donors (Lipinski definition) is 1. The monoisotopic (exact) mass is 245 g/mol. The zero-order valence-electron chi connectivity index (χ0n) is 9.20. The van der Waals surface area contributed by atoms with Crippen molar-refractivity contribution in [2.45, 2.75) is 31.7 Å². The second kappa shape index (κ2) is 4.56. The molecule has 0 saturated heterocycles. The van der Waals surface area contributed by atoms with Crippen LogP contribution in [0, 0.1) is 5.92 Å². The van der Waals surface area contributed by atoms with Gasteiger partial charge in [0, 0.05) is 11.6 Å². The molecule has 1 aromatic carbocycles.